The number of fused-ring (bicyclic) bond motifs is 1. The van der Waals surface area contributed by atoms with E-state index in [9.17, 15) is 20.2 Å². The molecule has 0 radical (unpaired) electrons. The van der Waals surface area contributed by atoms with Gasteiger partial charge in [-0.3, -0.25) is 10.1 Å². The van der Waals surface area contributed by atoms with E-state index < -0.39 is 10.5 Å². The Hall–Kier alpha value is -4.29. The number of non-ortho nitro benzene ring substituents is 1. The lowest BCUT2D eigenvalue weighted by atomic mass is 10.1. The molecule has 0 saturated carbocycles. The lowest BCUT2D eigenvalue weighted by Gasteiger charge is -2.05. The second kappa shape index (κ2) is 8.22. The van der Waals surface area contributed by atoms with Crippen LogP contribution in [-0.2, 0) is 0 Å². The van der Waals surface area contributed by atoms with Gasteiger partial charge in [0.2, 0.25) is 0 Å². The van der Waals surface area contributed by atoms with Gasteiger partial charge in [0, 0.05) is 52.5 Å². The van der Waals surface area contributed by atoms with Gasteiger partial charge in [0.15, 0.2) is 0 Å². The van der Waals surface area contributed by atoms with Crippen LogP contribution in [0.25, 0.3) is 27.8 Å². The summed E-state index contributed by atoms with van der Waals surface area (Å²) in [5.41, 5.74) is 2.91. The van der Waals surface area contributed by atoms with E-state index in [-0.39, 0.29) is 5.69 Å². The maximum absolute atomic E-state index is 11.6. The maximum atomic E-state index is 11.6. The molecule has 2 aromatic carbocycles. The molecule has 4 rings (SSSR count). The Bertz CT molecular complexity index is 1450. The molecule has 0 unspecified atom stereocenters. The van der Waals surface area contributed by atoms with Gasteiger partial charge in [0.05, 0.1) is 10.6 Å². The highest BCUT2D eigenvalue weighted by molar-refractivity contribution is 7.11. The Morgan fingerprint density at radius 2 is 2.13 bits per heavy atom. The van der Waals surface area contributed by atoms with Crippen molar-refractivity contribution in [3.63, 3.8) is 0 Å². The van der Waals surface area contributed by atoms with Crippen LogP contribution < -0.4 is 10.9 Å². The average molecular weight is 430 g/mol. The molecule has 1 N–H and O–H groups in total. The van der Waals surface area contributed by atoms with Gasteiger partial charge in [0.1, 0.15) is 22.2 Å². The molecule has 0 spiro atoms. The highest BCUT2D eigenvalue weighted by Crippen LogP contribution is 2.28. The second-order valence-corrected chi connectivity index (χ2v) is 7.48. The Balaban J connectivity index is 1.61. The van der Waals surface area contributed by atoms with Crippen molar-refractivity contribution >= 4 is 39.3 Å². The Labute approximate surface area is 179 Å². The predicted molar refractivity (Wildman–Crippen MR) is 119 cm³/mol. The van der Waals surface area contributed by atoms with Gasteiger partial charge in [-0.25, -0.2) is 9.78 Å². The van der Waals surface area contributed by atoms with Gasteiger partial charge in [-0.05, 0) is 24.6 Å². The van der Waals surface area contributed by atoms with Gasteiger partial charge in [-0.15, -0.1) is 11.3 Å². The number of hydrogen-bond acceptors (Lipinski definition) is 8. The fourth-order valence-corrected chi connectivity index (χ4v) is 3.82. The summed E-state index contributed by atoms with van der Waals surface area (Å²) >= 11 is 1.26. The van der Waals surface area contributed by atoms with E-state index >= 15 is 0 Å². The van der Waals surface area contributed by atoms with Gasteiger partial charge >= 0.3 is 5.63 Å². The number of aryl methyl sites for hydroxylation is 1. The monoisotopic (exact) mass is 430 g/mol. The first-order valence-electron chi connectivity index (χ1n) is 9.06. The molecule has 0 fully saturated rings. The summed E-state index contributed by atoms with van der Waals surface area (Å²) in [4.78, 5) is 26.6. The van der Waals surface area contributed by atoms with E-state index in [0.29, 0.717) is 33.1 Å². The molecule has 8 nitrogen and oxygen atoms in total. The van der Waals surface area contributed by atoms with E-state index in [1.165, 1.54) is 35.7 Å². The maximum Gasteiger partial charge on any atom is 0.336 e. The van der Waals surface area contributed by atoms with Gasteiger partial charge in [-0.2, -0.15) is 5.26 Å². The molecule has 4 aromatic rings. The highest BCUT2D eigenvalue weighted by Gasteiger charge is 2.12. The third kappa shape index (κ3) is 4.19. The number of thiazole rings is 1. The van der Waals surface area contributed by atoms with E-state index in [1.54, 1.807) is 23.6 Å². The number of benzene rings is 2. The van der Waals surface area contributed by atoms with Crippen molar-refractivity contribution in [2.75, 3.05) is 5.32 Å². The first kappa shape index (κ1) is 20.0. The van der Waals surface area contributed by atoms with Crippen LogP contribution in [0.1, 0.15) is 10.6 Å². The van der Waals surface area contributed by atoms with Crippen LogP contribution in [0.2, 0.25) is 0 Å². The molecule has 0 saturated heterocycles. The molecule has 0 atom stereocenters. The lowest BCUT2D eigenvalue weighted by Crippen LogP contribution is -1.98. The van der Waals surface area contributed by atoms with Crippen LogP contribution >= 0.6 is 11.3 Å². The first-order valence-corrected chi connectivity index (χ1v) is 9.94. The average Bonchev–Trinajstić information content (AvgIpc) is 3.24. The lowest BCUT2D eigenvalue weighted by molar-refractivity contribution is -0.384. The van der Waals surface area contributed by atoms with Crippen molar-refractivity contribution in [2.24, 2.45) is 0 Å². The van der Waals surface area contributed by atoms with Crippen molar-refractivity contribution in [1.29, 1.82) is 5.26 Å². The fraction of sp³-hybridized carbons (Fsp3) is 0.0455. The molecule has 9 heteroatoms. The van der Waals surface area contributed by atoms with Crippen molar-refractivity contribution in [2.45, 2.75) is 6.92 Å². The molecular formula is C22H14N4O4S. The zero-order valence-corrected chi connectivity index (χ0v) is 17.0. The SMILES string of the molecule is Cc1cc(=O)oc2cc(N/C=C(\C#N)c3nc(-c4cccc([N+](=O)[O-])c4)cs3)ccc12. The Morgan fingerprint density at radius 3 is 2.90 bits per heavy atom. The van der Waals surface area contributed by atoms with Crippen LogP contribution in [0, 0.1) is 28.4 Å². The summed E-state index contributed by atoms with van der Waals surface area (Å²) < 4.78 is 5.24. The topological polar surface area (TPSA) is 122 Å². The summed E-state index contributed by atoms with van der Waals surface area (Å²) in [6.07, 6.45) is 1.52. The number of anilines is 1. The van der Waals surface area contributed by atoms with Gasteiger partial charge < -0.3 is 9.73 Å². The van der Waals surface area contributed by atoms with Crippen molar-refractivity contribution in [3.8, 4) is 17.3 Å². The van der Waals surface area contributed by atoms with E-state index in [1.807, 2.05) is 19.1 Å². The van der Waals surface area contributed by atoms with Crippen molar-refractivity contribution in [3.05, 3.63) is 91.2 Å². The molecule has 0 aliphatic heterocycles. The first-order chi connectivity index (χ1) is 14.9. The number of allylic oxidation sites excluding steroid dienone is 1. The van der Waals surface area contributed by atoms with Crippen LogP contribution in [0.4, 0.5) is 11.4 Å². The number of nitriles is 1. The number of nitrogens with zero attached hydrogens (tertiary/aromatic N) is 3. The van der Waals surface area contributed by atoms with E-state index in [4.69, 9.17) is 4.42 Å². The molecule has 0 aliphatic rings. The smallest absolute Gasteiger partial charge is 0.336 e. The van der Waals surface area contributed by atoms with E-state index in [2.05, 4.69) is 16.4 Å². The third-order valence-electron chi connectivity index (χ3n) is 4.54. The van der Waals surface area contributed by atoms with Crippen LogP contribution in [-0.4, -0.2) is 9.91 Å². The summed E-state index contributed by atoms with van der Waals surface area (Å²) in [5, 5.41) is 26.6. The molecule has 2 heterocycles. The molecule has 2 aromatic heterocycles. The van der Waals surface area contributed by atoms with Gasteiger partial charge in [0.25, 0.3) is 5.69 Å². The normalized spacial score (nSPS) is 11.3. The molecule has 31 heavy (non-hydrogen) atoms. The number of nitrogens with one attached hydrogen (secondary N) is 1. The van der Waals surface area contributed by atoms with Crippen LogP contribution in [0.15, 0.2) is 69.3 Å². The zero-order valence-electron chi connectivity index (χ0n) is 16.2. The largest absolute Gasteiger partial charge is 0.423 e. The van der Waals surface area contributed by atoms with Gasteiger partial charge in [-0.1, -0.05) is 12.1 Å². The van der Waals surface area contributed by atoms with Crippen LogP contribution in [0.5, 0.6) is 0 Å². The fourth-order valence-electron chi connectivity index (χ4n) is 3.02. The quantitative estimate of drug-likeness (QED) is 0.202. The number of hydrogen-bond donors (Lipinski definition) is 1. The summed E-state index contributed by atoms with van der Waals surface area (Å²) in [6, 6.07) is 15.0. The van der Waals surface area contributed by atoms with E-state index in [0.717, 1.165) is 10.9 Å². The number of rotatable bonds is 5. The van der Waals surface area contributed by atoms with Crippen LogP contribution in [0.3, 0.4) is 0 Å². The predicted octanol–water partition coefficient (Wildman–Crippen LogP) is 5.11. The van der Waals surface area contributed by atoms with Crippen molar-refractivity contribution in [1.82, 2.24) is 4.98 Å². The number of aromatic nitrogens is 1. The minimum absolute atomic E-state index is 0.0250. The summed E-state index contributed by atoms with van der Waals surface area (Å²) in [7, 11) is 0. The standard InChI is InChI=1S/C22H14N4O4S/c1-13-7-21(27)30-20-9-16(5-6-18(13)20)24-11-15(10-23)22-25-19(12-31-22)14-3-2-4-17(8-14)26(28)29/h2-9,11-12,24H,1H3/b15-11+. The van der Waals surface area contributed by atoms with Crippen molar-refractivity contribution < 1.29 is 9.34 Å². The number of nitro benzene ring substituents is 1. The minimum Gasteiger partial charge on any atom is -0.423 e. The minimum atomic E-state index is -0.464. The molecule has 0 amide bonds. The number of nitro groups is 1. The third-order valence-corrected chi connectivity index (χ3v) is 5.42. The zero-order chi connectivity index (χ0) is 22.0. The summed E-state index contributed by atoms with van der Waals surface area (Å²) in [5.74, 6) is 0. The molecule has 0 bridgehead atoms. The highest BCUT2D eigenvalue weighted by atomic mass is 32.1. The molecule has 152 valence electrons. The Kier molecular flexibility index (Phi) is 5.30. The molecule has 0 aliphatic carbocycles. The Morgan fingerprint density at radius 1 is 1.29 bits per heavy atom. The summed E-state index contributed by atoms with van der Waals surface area (Å²) in [6.45, 7) is 1.83. The molecular weight excluding hydrogens is 416 g/mol. The second-order valence-electron chi connectivity index (χ2n) is 6.62.